The Balaban J connectivity index is 1.82. The van der Waals surface area contributed by atoms with E-state index in [9.17, 15) is 9.18 Å². The van der Waals surface area contributed by atoms with Gasteiger partial charge in [0, 0.05) is 23.6 Å². The smallest absolute Gasteiger partial charge is 0.258 e. The first kappa shape index (κ1) is 22.7. The van der Waals surface area contributed by atoms with Crippen molar-refractivity contribution in [1.29, 1.82) is 0 Å². The summed E-state index contributed by atoms with van der Waals surface area (Å²) in [4.78, 5) is 21.4. The van der Waals surface area contributed by atoms with Crippen LogP contribution in [0.4, 0.5) is 10.1 Å². The van der Waals surface area contributed by atoms with Gasteiger partial charge in [-0.3, -0.25) is 15.1 Å². The fraction of sp³-hybridized carbons (Fsp3) is 0.208. The second-order valence-corrected chi connectivity index (χ2v) is 6.64. The Bertz CT molecular complexity index is 1070. The number of guanidine groups is 1. The van der Waals surface area contributed by atoms with E-state index < -0.39 is 11.7 Å². The van der Waals surface area contributed by atoms with E-state index in [4.69, 9.17) is 9.47 Å². The molecule has 2 N–H and O–H groups in total. The summed E-state index contributed by atoms with van der Waals surface area (Å²) in [5, 5.41) is 5.73. The maximum Gasteiger partial charge on any atom is 0.258 e. The van der Waals surface area contributed by atoms with Crippen LogP contribution in [0.25, 0.3) is 0 Å². The summed E-state index contributed by atoms with van der Waals surface area (Å²) < 4.78 is 24.8. The number of amides is 1. The Morgan fingerprint density at radius 3 is 2.47 bits per heavy atom. The number of anilines is 1. The molecule has 32 heavy (non-hydrogen) atoms. The van der Waals surface area contributed by atoms with Gasteiger partial charge in [0.25, 0.3) is 5.91 Å². The third-order valence-corrected chi connectivity index (χ3v) is 4.29. The molecule has 166 valence electrons. The highest BCUT2D eigenvalue weighted by Gasteiger charge is 2.14. The Kier molecular flexibility index (Phi) is 8.14. The molecule has 0 radical (unpaired) electrons. The molecular formula is C24H25FN4O3. The molecule has 1 aromatic heterocycles. The summed E-state index contributed by atoms with van der Waals surface area (Å²) in [7, 11) is 0. The number of carbonyl (C=O) groups excluding carboxylic acids is 1. The van der Waals surface area contributed by atoms with E-state index in [0.29, 0.717) is 42.5 Å². The fourth-order valence-electron chi connectivity index (χ4n) is 2.84. The molecule has 0 atom stereocenters. The Morgan fingerprint density at radius 1 is 1.00 bits per heavy atom. The van der Waals surface area contributed by atoms with Crippen LogP contribution < -0.4 is 20.1 Å². The van der Waals surface area contributed by atoms with E-state index in [1.54, 1.807) is 42.7 Å². The van der Waals surface area contributed by atoms with Gasteiger partial charge in [0.05, 0.1) is 19.8 Å². The Morgan fingerprint density at radius 2 is 1.75 bits per heavy atom. The first-order valence-corrected chi connectivity index (χ1v) is 10.3. The molecule has 7 nitrogen and oxygen atoms in total. The van der Waals surface area contributed by atoms with Crippen molar-refractivity contribution in [3.05, 3.63) is 83.9 Å². The number of pyridine rings is 1. The van der Waals surface area contributed by atoms with Crippen molar-refractivity contribution in [2.75, 3.05) is 18.5 Å². The zero-order chi connectivity index (χ0) is 22.8. The molecule has 1 amide bonds. The molecule has 0 aliphatic carbocycles. The first-order valence-electron chi connectivity index (χ1n) is 10.3. The summed E-state index contributed by atoms with van der Waals surface area (Å²) in [5.41, 5.74) is 1.74. The van der Waals surface area contributed by atoms with E-state index in [1.165, 1.54) is 12.1 Å². The lowest BCUT2D eigenvalue weighted by Gasteiger charge is -2.14. The average molecular weight is 436 g/mol. The minimum absolute atomic E-state index is 0.184. The van der Waals surface area contributed by atoms with Crippen LogP contribution in [0, 0.1) is 5.82 Å². The minimum atomic E-state index is -0.400. The molecule has 0 unspecified atom stereocenters. The van der Waals surface area contributed by atoms with E-state index in [0.717, 1.165) is 5.56 Å². The third-order valence-electron chi connectivity index (χ3n) is 4.29. The van der Waals surface area contributed by atoms with Crippen LogP contribution in [0.5, 0.6) is 11.5 Å². The number of hydrogen-bond donors (Lipinski definition) is 2. The normalized spacial score (nSPS) is 11.0. The molecule has 0 fully saturated rings. The summed E-state index contributed by atoms with van der Waals surface area (Å²) in [5.74, 6) is 0.434. The molecule has 0 aliphatic heterocycles. The molecule has 0 bridgehead atoms. The molecule has 0 spiro atoms. The second kappa shape index (κ2) is 11.5. The van der Waals surface area contributed by atoms with Crippen molar-refractivity contribution >= 4 is 17.6 Å². The fourth-order valence-corrected chi connectivity index (χ4v) is 2.84. The lowest BCUT2D eigenvalue weighted by Crippen LogP contribution is -2.36. The van der Waals surface area contributed by atoms with E-state index in [2.05, 4.69) is 20.6 Å². The van der Waals surface area contributed by atoms with Crippen molar-refractivity contribution in [2.45, 2.75) is 20.4 Å². The number of rotatable bonds is 8. The first-order chi connectivity index (χ1) is 15.6. The van der Waals surface area contributed by atoms with Crippen molar-refractivity contribution in [3.8, 4) is 11.5 Å². The summed E-state index contributed by atoms with van der Waals surface area (Å²) in [6.07, 6.45) is 3.33. The molecule has 0 aliphatic rings. The van der Waals surface area contributed by atoms with Gasteiger partial charge in [-0.25, -0.2) is 9.38 Å². The number of aromatic nitrogens is 1. The standard InChI is InChI=1S/C24H25FN4O3/c1-3-31-21-9-8-18(14-22(21)32-4-2)23(30)29-24(27-16-17-10-12-26-13-11-17)28-20-7-5-6-19(25)15-20/h5-15H,3-4,16H2,1-2H3,(H2,27,28,29,30). The quantitative estimate of drug-likeness (QED) is 0.403. The van der Waals surface area contributed by atoms with E-state index in [-0.39, 0.29) is 5.96 Å². The van der Waals surface area contributed by atoms with Gasteiger partial charge < -0.3 is 14.8 Å². The van der Waals surface area contributed by atoms with Crippen LogP contribution in [0.15, 0.2) is 72.0 Å². The summed E-state index contributed by atoms with van der Waals surface area (Å²) in [6, 6.07) is 14.5. The number of benzene rings is 2. The Labute approximate surface area is 186 Å². The van der Waals surface area contributed by atoms with E-state index in [1.807, 2.05) is 26.0 Å². The van der Waals surface area contributed by atoms with Gasteiger partial charge in [0.1, 0.15) is 5.82 Å². The van der Waals surface area contributed by atoms with Crippen molar-refractivity contribution in [3.63, 3.8) is 0 Å². The number of hydrogen-bond acceptors (Lipinski definition) is 5. The summed E-state index contributed by atoms with van der Waals surface area (Å²) >= 11 is 0. The zero-order valence-electron chi connectivity index (χ0n) is 18.0. The van der Waals surface area contributed by atoms with Crippen molar-refractivity contribution in [1.82, 2.24) is 10.3 Å². The number of nitrogens with zero attached hydrogens (tertiary/aromatic N) is 2. The van der Waals surface area contributed by atoms with Crippen LogP contribution in [0.2, 0.25) is 0 Å². The van der Waals surface area contributed by atoms with Crippen molar-refractivity contribution < 1.29 is 18.7 Å². The van der Waals surface area contributed by atoms with Gasteiger partial charge in [0.2, 0.25) is 5.96 Å². The number of nitrogens with one attached hydrogen (secondary N) is 2. The van der Waals surface area contributed by atoms with Crippen LogP contribution in [-0.4, -0.2) is 30.1 Å². The monoisotopic (exact) mass is 436 g/mol. The highest BCUT2D eigenvalue weighted by atomic mass is 19.1. The van der Waals surface area contributed by atoms with Gasteiger partial charge >= 0.3 is 0 Å². The van der Waals surface area contributed by atoms with Crippen LogP contribution in [-0.2, 0) is 6.54 Å². The highest BCUT2D eigenvalue weighted by molar-refractivity contribution is 6.10. The maximum absolute atomic E-state index is 13.6. The molecule has 0 saturated carbocycles. The van der Waals surface area contributed by atoms with Crippen LogP contribution >= 0.6 is 0 Å². The molecule has 2 aromatic carbocycles. The maximum atomic E-state index is 13.6. The highest BCUT2D eigenvalue weighted by Crippen LogP contribution is 2.28. The minimum Gasteiger partial charge on any atom is -0.490 e. The summed E-state index contributed by atoms with van der Waals surface area (Å²) in [6.45, 7) is 4.95. The average Bonchev–Trinajstić information content (AvgIpc) is 2.79. The number of carbonyl (C=O) groups is 1. The van der Waals surface area contributed by atoms with Gasteiger partial charge in [-0.1, -0.05) is 6.07 Å². The lowest BCUT2D eigenvalue weighted by atomic mass is 10.2. The van der Waals surface area contributed by atoms with E-state index >= 15 is 0 Å². The molecule has 3 rings (SSSR count). The molecule has 3 aromatic rings. The second-order valence-electron chi connectivity index (χ2n) is 6.64. The molecule has 0 saturated heterocycles. The van der Waals surface area contributed by atoms with Gasteiger partial charge in [-0.05, 0) is 67.9 Å². The van der Waals surface area contributed by atoms with Crippen LogP contribution in [0.3, 0.4) is 0 Å². The molecule has 1 heterocycles. The molecular weight excluding hydrogens is 411 g/mol. The van der Waals surface area contributed by atoms with Gasteiger partial charge in [-0.2, -0.15) is 0 Å². The SMILES string of the molecule is CCOc1ccc(C(=O)NC(=NCc2ccncc2)Nc2cccc(F)c2)cc1OCC. The lowest BCUT2D eigenvalue weighted by molar-refractivity contribution is 0.0976. The predicted molar refractivity (Wildman–Crippen MR) is 122 cm³/mol. The third kappa shape index (κ3) is 6.53. The van der Waals surface area contributed by atoms with Gasteiger partial charge in [-0.15, -0.1) is 0 Å². The van der Waals surface area contributed by atoms with Gasteiger partial charge in [0.15, 0.2) is 11.5 Å². The number of ether oxygens (including phenoxy) is 2. The number of aliphatic imine (C=N–C) groups is 1. The molecule has 8 heteroatoms. The Hall–Kier alpha value is -3.94. The largest absolute Gasteiger partial charge is 0.490 e. The van der Waals surface area contributed by atoms with Crippen LogP contribution in [0.1, 0.15) is 29.8 Å². The zero-order valence-corrected chi connectivity index (χ0v) is 18.0. The topological polar surface area (TPSA) is 84.8 Å². The van der Waals surface area contributed by atoms with Crippen molar-refractivity contribution in [2.24, 2.45) is 4.99 Å². The predicted octanol–water partition coefficient (Wildman–Crippen LogP) is 4.42. The number of halogens is 1.